The van der Waals surface area contributed by atoms with Gasteiger partial charge in [0.05, 0.1) is 25.0 Å². The van der Waals surface area contributed by atoms with Gasteiger partial charge in [-0.25, -0.2) is 4.68 Å². The Hall–Kier alpha value is -2.25. The zero-order chi connectivity index (χ0) is 17.6. The van der Waals surface area contributed by atoms with Crippen LogP contribution in [0.15, 0.2) is 36.5 Å². The first-order valence-electron chi connectivity index (χ1n) is 8.76. The molecule has 0 amide bonds. The molecule has 2 N–H and O–H groups in total. The minimum atomic E-state index is -0.755. The Labute approximate surface area is 147 Å². The van der Waals surface area contributed by atoms with Crippen molar-refractivity contribution in [1.82, 2.24) is 25.2 Å². The van der Waals surface area contributed by atoms with Crippen LogP contribution in [-0.4, -0.2) is 56.1 Å². The lowest BCUT2D eigenvalue weighted by Gasteiger charge is -2.42. The van der Waals surface area contributed by atoms with E-state index < -0.39 is 5.97 Å². The monoisotopic (exact) mass is 343 g/mol. The van der Waals surface area contributed by atoms with E-state index in [2.05, 4.69) is 27.8 Å². The summed E-state index contributed by atoms with van der Waals surface area (Å²) in [6.45, 7) is 4.35. The third-order valence-corrected chi connectivity index (χ3v) is 4.82. The van der Waals surface area contributed by atoms with E-state index in [1.807, 2.05) is 34.7 Å². The number of benzene rings is 1. The van der Waals surface area contributed by atoms with E-state index in [1.54, 1.807) is 6.20 Å². The van der Waals surface area contributed by atoms with E-state index in [-0.39, 0.29) is 6.54 Å². The second kappa shape index (κ2) is 8.22. The summed E-state index contributed by atoms with van der Waals surface area (Å²) in [5.41, 5.74) is 2.26. The third-order valence-electron chi connectivity index (χ3n) is 4.82. The molecule has 3 rings (SSSR count). The fourth-order valence-corrected chi connectivity index (χ4v) is 3.28. The first-order chi connectivity index (χ1) is 12.2. The van der Waals surface area contributed by atoms with E-state index in [0.29, 0.717) is 18.6 Å². The number of hydrogen-bond donors (Lipinski definition) is 2. The minimum Gasteiger partial charge on any atom is -0.480 e. The van der Waals surface area contributed by atoms with Crippen molar-refractivity contribution in [3.05, 3.63) is 47.8 Å². The van der Waals surface area contributed by atoms with Crippen molar-refractivity contribution in [1.29, 1.82) is 0 Å². The molecule has 1 heterocycles. The number of aromatic nitrogens is 3. The quantitative estimate of drug-likeness (QED) is 0.715. The van der Waals surface area contributed by atoms with Crippen LogP contribution < -0.4 is 5.32 Å². The fraction of sp³-hybridized carbons (Fsp3) is 0.500. The van der Waals surface area contributed by atoms with Gasteiger partial charge in [0, 0.05) is 18.6 Å². The van der Waals surface area contributed by atoms with Crippen LogP contribution in [0, 0.1) is 0 Å². The van der Waals surface area contributed by atoms with Crippen LogP contribution >= 0.6 is 0 Å². The fourth-order valence-electron chi connectivity index (χ4n) is 3.28. The van der Waals surface area contributed by atoms with Crippen LogP contribution in [0.5, 0.6) is 0 Å². The zero-order valence-electron chi connectivity index (χ0n) is 14.5. The normalized spacial score (nSPS) is 19.8. The molecule has 1 aromatic heterocycles. The number of nitrogens with one attached hydrogen (secondary N) is 1. The van der Waals surface area contributed by atoms with E-state index in [0.717, 1.165) is 31.6 Å². The lowest BCUT2D eigenvalue weighted by molar-refractivity contribution is -0.139. The highest BCUT2D eigenvalue weighted by molar-refractivity contribution is 5.69. The Bertz CT molecular complexity index is 682. The van der Waals surface area contributed by atoms with E-state index >= 15 is 0 Å². The van der Waals surface area contributed by atoms with Gasteiger partial charge in [-0.15, -0.1) is 5.10 Å². The van der Waals surface area contributed by atoms with Crippen molar-refractivity contribution in [2.24, 2.45) is 0 Å². The molecule has 0 saturated heterocycles. The molecular weight excluding hydrogens is 318 g/mol. The molecule has 0 atom stereocenters. The number of likely N-dealkylation sites (N-methyl/N-ethyl adjacent to an activating group) is 1. The molecule has 0 bridgehead atoms. The molecule has 7 heteroatoms. The first kappa shape index (κ1) is 17.6. The summed E-state index contributed by atoms with van der Waals surface area (Å²) in [6.07, 6.45) is 3.78. The summed E-state index contributed by atoms with van der Waals surface area (Å²) < 4.78 is 1.92. The molecule has 1 aliphatic carbocycles. The van der Waals surface area contributed by atoms with Crippen LogP contribution in [0.2, 0.25) is 0 Å². The average Bonchev–Trinajstić information content (AvgIpc) is 3.00. The molecule has 0 spiro atoms. The van der Waals surface area contributed by atoms with Crippen molar-refractivity contribution in [2.75, 3.05) is 13.1 Å². The molecule has 0 radical (unpaired) electrons. The molecule has 1 aromatic carbocycles. The lowest BCUT2D eigenvalue weighted by Crippen LogP contribution is -2.53. The maximum absolute atomic E-state index is 10.9. The number of rotatable bonds is 9. The predicted octanol–water partition coefficient (Wildman–Crippen LogP) is 1.35. The van der Waals surface area contributed by atoms with Gasteiger partial charge < -0.3 is 10.4 Å². The molecule has 1 aliphatic rings. The van der Waals surface area contributed by atoms with Crippen molar-refractivity contribution in [3.8, 4) is 0 Å². The van der Waals surface area contributed by atoms with Gasteiger partial charge >= 0.3 is 5.97 Å². The first-order valence-corrected chi connectivity index (χ1v) is 8.76. The molecule has 1 saturated carbocycles. The average molecular weight is 343 g/mol. The van der Waals surface area contributed by atoms with E-state index in [4.69, 9.17) is 5.11 Å². The SMILES string of the molecule is CCN(CC(=O)O)C1CC(NCc2cnnn2Cc2ccccc2)C1. The molecule has 134 valence electrons. The Morgan fingerprint density at radius 2 is 2.12 bits per heavy atom. The molecule has 7 nitrogen and oxygen atoms in total. The molecule has 2 aromatic rings. The van der Waals surface area contributed by atoms with Crippen molar-refractivity contribution >= 4 is 5.97 Å². The number of aliphatic carboxylic acids is 1. The summed E-state index contributed by atoms with van der Waals surface area (Å²) in [5.74, 6) is -0.755. The lowest BCUT2D eigenvalue weighted by atomic mass is 9.85. The number of carboxylic acid groups (broad SMARTS) is 1. The van der Waals surface area contributed by atoms with Gasteiger partial charge in [-0.3, -0.25) is 9.69 Å². The van der Waals surface area contributed by atoms with Crippen molar-refractivity contribution in [3.63, 3.8) is 0 Å². The third kappa shape index (κ3) is 4.64. The van der Waals surface area contributed by atoms with Gasteiger partial charge in [-0.05, 0) is 24.9 Å². The largest absolute Gasteiger partial charge is 0.480 e. The highest BCUT2D eigenvalue weighted by atomic mass is 16.4. The molecule has 1 fully saturated rings. The molecule has 25 heavy (non-hydrogen) atoms. The summed E-state index contributed by atoms with van der Waals surface area (Å²) >= 11 is 0. The maximum Gasteiger partial charge on any atom is 0.317 e. The highest BCUT2D eigenvalue weighted by Crippen LogP contribution is 2.25. The number of carbonyl (C=O) groups is 1. The van der Waals surface area contributed by atoms with Crippen molar-refractivity contribution in [2.45, 2.75) is 44.9 Å². The van der Waals surface area contributed by atoms with Gasteiger partial charge in [0.2, 0.25) is 0 Å². The molecule has 0 aliphatic heterocycles. The van der Waals surface area contributed by atoms with Gasteiger partial charge in [0.25, 0.3) is 0 Å². The number of hydrogen-bond acceptors (Lipinski definition) is 5. The van der Waals surface area contributed by atoms with Crippen LogP contribution in [-0.2, 0) is 17.9 Å². The zero-order valence-corrected chi connectivity index (χ0v) is 14.5. The number of carboxylic acids is 1. The Balaban J connectivity index is 1.46. The topological polar surface area (TPSA) is 83.3 Å². The summed E-state index contributed by atoms with van der Waals surface area (Å²) in [5, 5.41) is 20.7. The predicted molar refractivity (Wildman–Crippen MR) is 94.1 cm³/mol. The van der Waals surface area contributed by atoms with Crippen molar-refractivity contribution < 1.29 is 9.90 Å². The second-order valence-electron chi connectivity index (χ2n) is 6.53. The van der Waals surface area contributed by atoms with Crippen LogP contribution in [0.25, 0.3) is 0 Å². The second-order valence-corrected chi connectivity index (χ2v) is 6.53. The summed E-state index contributed by atoms with van der Waals surface area (Å²) in [6, 6.07) is 11.0. The van der Waals surface area contributed by atoms with Crippen LogP contribution in [0.4, 0.5) is 0 Å². The van der Waals surface area contributed by atoms with Gasteiger partial charge in [0.15, 0.2) is 0 Å². The maximum atomic E-state index is 10.9. The van der Waals surface area contributed by atoms with Gasteiger partial charge in [0.1, 0.15) is 0 Å². The standard InChI is InChI=1S/C18H25N5O2/c1-2-22(13-18(24)25)16-8-15(9-16)19-10-17-11-20-21-23(17)12-14-6-4-3-5-7-14/h3-7,11,15-16,19H,2,8-10,12-13H2,1H3,(H,24,25). The van der Waals surface area contributed by atoms with E-state index in [9.17, 15) is 4.79 Å². The number of nitrogens with zero attached hydrogens (tertiary/aromatic N) is 4. The summed E-state index contributed by atoms with van der Waals surface area (Å²) in [7, 11) is 0. The van der Waals surface area contributed by atoms with Crippen LogP contribution in [0.1, 0.15) is 31.0 Å². The van der Waals surface area contributed by atoms with Gasteiger partial charge in [-0.1, -0.05) is 42.5 Å². The molecular formula is C18H25N5O2. The Morgan fingerprint density at radius 1 is 1.36 bits per heavy atom. The van der Waals surface area contributed by atoms with Gasteiger partial charge in [-0.2, -0.15) is 0 Å². The van der Waals surface area contributed by atoms with E-state index in [1.165, 1.54) is 5.56 Å². The highest BCUT2D eigenvalue weighted by Gasteiger charge is 2.33. The smallest absolute Gasteiger partial charge is 0.317 e. The molecule has 0 unspecified atom stereocenters. The summed E-state index contributed by atoms with van der Waals surface area (Å²) in [4.78, 5) is 12.9. The minimum absolute atomic E-state index is 0.127. The Morgan fingerprint density at radius 3 is 2.80 bits per heavy atom. The van der Waals surface area contributed by atoms with Crippen LogP contribution in [0.3, 0.4) is 0 Å². The Kier molecular flexibility index (Phi) is 5.78.